The quantitative estimate of drug-likeness (QED) is 0.830. The Morgan fingerprint density at radius 3 is 2.68 bits per heavy atom. The van der Waals surface area contributed by atoms with E-state index in [9.17, 15) is 4.79 Å². The van der Waals surface area contributed by atoms with Crippen LogP contribution in [0.3, 0.4) is 0 Å². The standard InChI is InChI=1S/C14H20N4O/c1-10-15-8-13-14(19)17(11(2)16-18(10)13)9-12-6-4-3-5-7-12/h8,12H,3-7,9H2,1-2H3. The van der Waals surface area contributed by atoms with Crippen molar-refractivity contribution in [2.75, 3.05) is 0 Å². The van der Waals surface area contributed by atoms with Gasteiger partial charge in [0.05, 0.1) is 6.20 Å². The Labute approximate surface area is 112 Å². The monoisotopic (exact) mass is 260 g/mol. The lowest BCUT2D eigenvalue weighted by molar-refractivity contribution is 0.311. The molecule has 1 aliphatic rings. The number of aromatic nitrogens is 4. The number of nitrogens with zero attached hydrogens (tertiary/aromatic N) is 4. The minimum atomic E-state index is 0.0404. The third-order valence-electron chi connectivity index (χ3n) is 4.17. The highest BCUT2D eigenvalue weighted by Crippen LogP contribution is 2.24. The van der Waals surface area contributed by atoms with E-state index < -0.39 is 0 Å². The molecule has 0 aliphatic heterocycles. The van der Waals surface area contributed by atoms with Gasteiger partial charge in [-0.15, -0.1) is 0 Å². The Hall–Kier alpha value is -1.65. The molecule has 5 heteroatoms. The summed E-state index contributed by atoms with van der Waals surface area (Å²) in [4.78, 5) is 16.7. The molecule has 19 heavy (non-hydrogen) atoms. The van der Waals surface area contributed by atoms with Crippen LogP contribution in [0.1, 0.15) is 43.8 Å². The molecular weight excluding hydrogens is 240 g/mol. The first-order chi connectivity index (χ1) is 9.16. The molecule has 1 saturated carbocycles. The Morgan fingerprint density at radius 1 is 1.21 bits per heavy atom. The molecule has 2 aromatic heterocycles. The number of hydrogen-bond donors (Lipinski definition) is 0. The first-order valence-electron chi connectivity index (χ1n) is 7.08. The zero-order valence-corrected chi connectivity index (χ0v) is 11.6. The normalized spacial score (nSPS) is 17.2. The largest absolute Gasteiger partial charge is 0.293 e. The van der Waals surface area contributed by atoms with Crippen molar-refractivity contribution >= 4 is 5.52 Å². The predicted molar refractivity (Wildman–Crippen MR) is 73.3 cm³/mol. The molecule has 0 saturated heterocycles. The maximum absolute atomic E-state index is 12.5. The van der Waals surface area contributed by atoms with Gasteiger partial charge in [-0.2, -0.15) is 5.10 Å². The topological polar surface area (TPSA) is 52.2 Å². The molecule has 3 rings (SSSR count). The van der Waals surface area contributed by atoms with Crippen LogP contribution < -0.4 is 5.56 Å². The van der Waals surface area contributed by atoms with Crippen LogP contribution in [0.4, 0.5) is 0 Å². The summed E-state index contributed by atoms with van der Waals surface area (Å²) in [5.74, 6) is 2.17. The Bertz CT molecular complexity index is 649. The van der Waals surface area contributed by atoms with Gasteiger partial charge in [0, 0.05) is 6.54 Å². The maximum atomic E-state index is 12.5. The van der Waals surface area contributed by atoms with Gasteiger partial charge >= 0.3 is 0 Å². The fourth-order valence-corrected chi connectivity index (χ4v) is 3.04. The van der Waals surface area contributed by atoms with Crippen molar-refractivity contribution in [3.63, 3.8) is 0 Å². The molecule has 5 nitrogen and oxygen atoms in total. The van der Waals surface area contributed by atoms with E-state index in [1.807, 2.05) is 18.4 Å². The minimum absolute atomic E-state index is 0.0404. The average Bonchev–Trinajstić information content (AvgIpc) is 2.78. The highest BCUT2D eigenvalue weighted by atomic mass is 16.1. The van der Waals surface area contributed by atoms with E-state index in [2.05, 4.69) is 10.1 Å². The summed E-state index contributed by atoms with van der Waals surface area (Å²) in [5.41, 5.74) is 0.623. The molecule has 0 bridgehead atoms. The number of aryl methyl sites for hydroxylation is 2. The van der Waals surface area contributed by atoms with Gasteiger partial charge in [-0.25, -0.2) is 9.50 Å². The fraction of sp³-hybridized carbons (Fsp3) is 0.643. The van der Waals surface area contributed by atoms with Gasteiger partial charge in [0.25, 0.3) is 5.56 Å². The summed E-state index contributed by atoms with van der Waals surface area (Å²) < 4.78 is 3.47. The molecule has 1 aliphatic carbocycles. The average molecular weight is 260 g/mol. The molecule has 0 amide bonds. The lowest BCUT2D eigenvalue weighted by atomic mass is 9.89. The van der Waals surface area contributed by atoms with E-state index in [0.717, 1.165) is 18.2 Å². The highest BCUT2D eigenvalue weighted by molar-refractivity contribution is 5.42. The van der Waals surface area contributed by atoms with E-state index in [1.54, 1.807) is 10.7 Å². The fourth-order valence-electron chi connectivity index (χ4n) is 3.04. The number of imidazole rings is 1. The third-order valence-corrected chi connectivity index (χ3v) is 4.17. The molecule has 0 atom stereocenters. The van der Waals surface area contributed by atoms with E-state index in [4.69, 9.17) is 0 Å². The van der Waals surface area contributed by atoms with Gasteiger partial charge in [-0.05, 0) is 32.6 Å². The maximum Gasteiger partial charge on any atom is 0.279 e. The Kier molecular flexibility index (Phi) is 3.12. The van der Waals surface area contributed by atoms with Crippen molar-refractivity contribution in [3.8, 4) is 0 Å². The molecule has 0 spiro atoms. The number of rotatable bonds is 2. The SMILES string of the molecule is Cc1nn2c(C)ncc2c(=O)n1CC1CCCCC1. The van der Waals surface area contributed by atoms with E-state index >= 15 is 0 Å². The first kappa shape index (κ1) is 12.4. The van der Waals surface area contributed by atoms with Crippen LogP contribution in [0, 0.1) is 19.8 Å². The zero-order valence-electron chi connectivity index (χ0n) is 11.6. The Morgan fingerprint density at radius 2 is 1.95 bits per heavy atom. The molecule has 102 valence electrons. The zero-order chi connectivity index (χ0) is 13.4. The molecule has 1 fully saturated rings. The molecule has 2 heterocycles. The lowest BCUT2D eigenvalue weighted by Crippen LogP contribution is -2.29. The van der Waals surface area contributed by atoms with Gasteiger partial charge in [0.1, 0.15) is 11.6 Å². The summed E-state index contributed by atoms with van der Waals surface area (Å²) in [6.07, 6.45) is 8.01. The second kappa shape index (κ2) is 4.79. The molecule has 0 unspecified atom stereocenters. The van der Waals surface area contributed by atoms with Gasteiger partial charge in [0.2, 0.25) is 0 Å². The van der Waals surface area contributed by atoms with Crippen LogP contribution in [0.2, 0.25) is 0 Å². The summed E-state index contributed by atoms with van der Waals surface area (Å²) in [6.45, 7) is 4.58. The summed E-state index contributed by atoms with van der Waals surface area (Å²) in [6, 6.07) is 0. The third kappa shape index (κ3) is 2.17. The first-order valence-corrected chi connectivity index (χ1v) is 7.08. The minimum Gasteiger partial charge on any atom is -0.293 e. The summed E-state index contributed by atoms with van der Waals surface area (Å²) >= 11 is 0. The van der Waals surface area contributed by atoms with Crippen LogP contribution >= 0.6 is 0 Å². The van der Waals surface area contributed by atoms with Crippen LogP contribution in [0.25, 0.3) is 5.52 Å². The number of hydrogen-bond acceptors (Lipinski definition) is 3. The van der Waals surface area contributed by atoms with Crippen LogP contribution in [0.5, 0.6) is 0 Å². The van der Waals surface area contributed by atoms with Crippen molar-refractivity contribution in [2.24, 2.45) is 5.92 Å². The number of fused-ring (bicyclic) bond motifs is 1. The van der Waals surface area contributed by atoms with Gasteiger partial charge < -0.3 is 0 Å². The molecule has 0 aromatic carbocycles. The molecule has 0 N–H and O–H groups in total. The van der Waals surface area contributed by atoms with Crippen LogP contribution in [-0.4, -0.2) is 19.2 Å². The predicted octanol–water partition coefficient (Wildman–Crippen LogP) is 2.09. The highest BCUT2D eigenvalue weighted by Gasteiger charge is 2.17. The lowest BCUT2D eigenvalue weighted by Gasteiger charge is -2.23. The van der Waals surface area contributed by atoms with Crippen LogP contribution in [0.15, 0.2) is 11.0 Å². The van der Waals surface area contributed by atoms with E-state index in [1.165, 1.54) is 32.1 Å². The van der Waals surface area contributed by atoms with Crippen molar-refractivity contribution in [3.05, 3.63) is 28.2 Å². The molecule has 2 aromatic rings. The Balaban J connectivity index is 2.00. The molecule has 0 radical (unpaired) electrons. The van der Waals surface area contributed by atoms with Gasteiger partial charge in [-0.3, -0.25) is 9.36 Å². The van der Waals surface area contributed by atoms with E-state index in [-0.39, 0.29) is 5.56 Å². The van der Waals surface area contributed by atoms with Gasteiger partial charge in [0.15, 0.2) is 5.52 Å². The van der Waals surface area contributed by atoms with Crippen molar-refractivity contribution < 1.29 is 0 Å². The van der Waals surface area contributed by atoms with Gasteiger partial charge in [-0.1, -0.05) is 19.3 Å². The summed E-state index contributed by atoms with van der Waals surface area (Å²) in [5, 5.41) is 4.48. The molecular formula is C14H20N4O. The van der Waals surface area contributed by atoms with Crippen molar-refractivity contribution in [2.45, 2.75) is 52.5 Å². The van der Waals surface area contributed by atoms with Crippen molar-refractivity contribution in [1.29, 1.82) is 0 Å². The second-order valence-corrected chi connectivity index (χ2v) is 5.57. The van der Waals surface area contributed by atoms with Crippen LogP contribution in [-0.2, 0) is 6.54 Å². The second-order valence-electron chi connectivity index (χ2n) is 5.57. The smallest absolute Gasteiger partial charge is 0.279 e. The van der Waals surface area contributed by atoms with Crippen molar-refractivity contribution in [1.82, 2.24) is 19.2 Å². The summed E-state index contributed by atoms with van der Waals surface area (Å²) in [7, 11) is 0. The van der Waals surface area contributed by atoms with E-state index in [0.29, 0.717) is 11.4 Å².